The van der Waals surface area contributed by atoms with Crippen molar-refractivity contribution >= 4 is 35.5 Å². The Labute approximate surface area is 157 Å². The van der Waals surface area contributed by atoms with Crippen molar-refractivity contribution < 1.29 is 13.6 Å². The molecule has 0 fully saturated rings. The van der Waals surface area contributed by atoms with E-state index in [1.165, 1.54) is 12.7 Å². The van der Waals surface area contributed by atoms with Crippen LogP contribution >= 0.6 is 30.2 Å². The van der Waals surface area contributed by atoms with Gasteiger partial charge in [-0.15, -0.1) is 5.56 Å². The zero-order valence-corrected chi connectivity index (χ0v) is 17.3. The van der Waals surface area contributed by atoms with E-state index in [9.17, 15) is 4.57 Å². The molecule has 0 aliphatic carbocycles. The van der Waals surface area contributed by atoms with Crippen LogP contribution in [0.3, 0.4) is 0 Å². The average Bonchev–Trinajstić information content (AvgIpc) is 3.14. The van der Waals surface area contributed by atoms with Crippen molar-refractivity contribution in [1.82, 2.24) is 0 Å². The third-order valence-electron chi connectivity index (χ3n) is 4.23. The lowest BCUT2D eigenvalue weighted by atomic mass is 9.86. The van der Waals surface area contributed by atoms with Gasteiger partial charge in [-0.05, 0) is 39.1 Å². The molecule has 0 spiro atoms. The summed E-state index contributed by atoms with van der Waals surface area (Å²) in [6.07, 6.45) is -0.330. The van der Waals surface area contributed by atoms with Crippen LogP contribution in [0.4, 0.5) is 0 Å². The Kier molecular flexibility index (Phi) is 4.86. The molecule has 0 radical (unpaired) electrons. The van der Waals surface area contributed by atoms with E-state index in [0.717, 1.165) is 14.7 Å². The number of halogens is 1. The topological polar surface area (TPSA) is 35.5 Å². The molecule has 1 aliphatic rings. The molecular weight excluding hydrogens is 434 g/mol. The highest BCUT2D eigenvalue weighted by Crippen LogP contribution is 2.71. The standard InChI is InChI=1S/C19H21IO3P/c1-19(2,3)15-11-9-14(10-12-15)18-16(20)17(13-7-5-6-8-13)23-24(18,21)22-4/h5-12,17H,1-4H3/q-1. The molecule has 128 valence electrons. The Bertz CT molecular complexity index is 798. The van der Waals surface area contributed by atoms with E-state index in [0.29, 0.717) is 5.31 Å². The van der Waals surface area contributed by atoms with Crippen molar-refractivity contribution in [2.75, 3.05) is 7.11 Å². The van der Waals surface area contributed by atoms with E-state index in [1.54, 1.807) is 0 Å². The number of benzene rings is 1. The van der Waals surface area contributed by atoms with Crippen LogP contribution in [-0.2, 0) is 19.0 Å². The van der Waals surface area contributed by atoms with Crippen molar-refractivity contribution in [3.05, 3.63) is 68.8 Å². The summed E-state index contributed by atoms with van der Waals surface area (Å²) in [5, 5.41) is 0.678. The fourth-order valence-corrected chi connectivity index (χ4v) is 6.43. The molecule has 0 N–H and O–H groups in total. The molecule has 5 heteroatoms. The Balaban J connectivity index is 2.07. The van der Waals surface area contributed by atoms with Crippen LogP contribution in [0.5, 0.6) is 0 Å². The highest BCUT2D eigenvalue weighted by Gasteiger charge is 2.43. The SMILES string of the molecule is COP1(=O)OC(c2ccc[cH-]2)C(I)=C1c1ccc(C(C)(C)C)cc1. The largest absolute Gasteiger partial charge is 0.363 e. The molecule has 0 saturated carbocycles. The summed E-state index contributed by atoms with van der Waals surface area (Å²) >= 11 is 2.24. The maximum absolute atomic E-state index is 13.2. The van der Waals surface area contributed by atoms with Crippen molar-refractivity contribution in [2.24, 2.45) is 0 Å². The second-order valence-electron chi connectivity index (χ2n) is 6.91. The fraction of sp³-hybridized carbons (Fsp3) is 0.316. The number of rotatable bonds is 3. The maximum Gasteiger partial charge on any atom is 0.363 e. The smallest absolute Gasteiger partial charge is 0.309 e. The quantitative estimate of drug-likeness (QED) is 0.305. The molecule has 2 aromatic carbocycles. The van der Waals surface area contributed by atoms with Crippen LogP contribution in [0.15, 0.2) is 52.1 Å². The highest BCUT2D eigenvalue weighted by molar-refractivity contribution is 14.1. The molecule has 0 aromatic heterocycles. The highest BCUT2D eigenvalue weighted by atomic mass is 127. The van der Waals surface area contributed by atoms with Gasteiger partial charge in [-0.3, -0.25) is 9.09 Å². The van der Waals surface area contributed by atoms with E-state index in [-0.39, 0.29) is 11.5 Å². The molecule has 3 nitrogen and oxygen atoms in total. The Morgan fingerprint density at radius 3 is 2.38 bits per heavy atom. The lowest BCUT2D eigenvalue weighted by Gasteiger charge is -2.20. The minimum atomic E-state index is -3.32. The second-order valence-corrected chi connectivity index (χ2v) is 10.1. The van der Waals surface area contributed by atoms with E-state index < -0.39 is 7.60 Å². The van der Waals surface area contributed by atoms with Crippen LogP contribution in [0.25, 0.3) is 5.31 Å². The van der Waals surface area contributed by atoms with Crippen LogP contribution in [-0.4, -0.2) is 7.11 Å². The summed E-state index contributed by atoms with van der Waals surface area (Å²) in [6.45, 7) is 6.53. The summed E-state index contributed by atoms with van der Waals surface area (Å²) in [6, 6.07) is 16.1. The molecule has 2 unspecified atom stereocenters. The summed E-state index contributed by atoms with van der Waals surface area (Å²) in [4.78, 5) is 0. The van der Waals surface area contributed by atoms with Crippen molar-refractivity contribution in [3.63, 3.8) is 0 Å². The fourth-order valence-electron chi connectivity index (χ4n) is 2.82. The molecule has 24 heavy (non-hydrogen) atoms. The van der Waals surface area contributed by atoms with Crippen LogP contribution in [0, 0.1) is 0 Å². The van der Waals surface area contributed by atoms with E-state index in [2.05, 4.69) is 55.5 Å². The predicted molar refractivity (Wildman–Crippen MR) is 107 cm³/mol. The van der Waals surface area contributed by atoms with Gasteiger partial charge in [0.25, 0.3) is 0 Å². The third kappa shape index (κ3) is 3.17. The molecule has 1 aliphatic heterocycles. The second kappa shape index (κ2) is 6.49. The van der Waals surface area contributed by atoms with Gasteiger partial charge in [0.2, 0.25) is 0 Å². The van der Waals surface area contributed by atoms with E-state index >= 15 is 0 Å². The monoisotopic (exact) mass is 455 g/mol. The summed E-state index contributed by atoms with van der Waals surface area (Å²) < 4.78 is 25.3. The Hall–Kier alpha value is -0.810. The maximum atomic E-state index is 13.2. The third-order valence-corrected chi connectivity index (χ3v) is 7.78. The van der Waals surface area contributed by atoms with Crippen LogP contribution in [0.1, 0.15) is 43.6 Å². The predicted octanol–water partition coefficient (Wildman–Crippen LogP) is 6.42. The van der Waals surface area contributed by atoms with Crippen molar-refractivity contribution in [2.45, 2.75) is 32.3 Å². The molecule has 2 aromatic rings. The molecule has 0 amide bonds. The van der Waals surface area contributed by atoms with Crippen molar-refractivity contribution in [1.29, 1.82) is 0 Å². The number of hydrogen-bond acceptors (Lipinski definition) is 3. The molecule has 2 atom stereocenters. The first-order valence-corrected chi connectivity index (χ1v) is 10.5. The average molecular weight is 455 g/mol. The molecule has 1 heterocycles. The first-order chi connectivity index (χ1) is 11.3. The van der Waals surface area contributed by atoms with Crippen LogP contribution < -0.4 is 0 Å². The summed E-state index contributed by atoms with van der Waals surface area (Å²) in [7, 11) is -1.87. The van der Waals surface area contributed by atoms with Gasteiger partial charge < -0.3 is 4.52 Å². The number of hydrogen-bond donors (Lipinski definition) is 0. The molecule has 0 bridgehead atoms. The minimum absolute atomic E-state index is 0.0784. The first kappa shape index (κ1) is 18.0. The zero-order chi connectivity index (χ0) is 17.5. The van der Waals surface area contributed by atoms with Crippen molar-refractivity contribution in [3.8, 4) is 0 Å². The Morgan fingerprint density at radius 1 is 1.21 bits per heavy atom. The van der Waals surface area contributed by atoms with Gasteiger partial charge in [0, 0.05) is 10.7 Å². The Morgan fingerprint density at radius 2 is 1.88 bits per heavy atom. The van der Waals surface area contributed by atoms with Gasteiger partial charge in [0.05, 0.1) is 5.31 Å². The summed E-state index contributed by atoms with van der Waals surface area (Å²) in [5.41, 5.74) is 3.21. The normalized spacial score (nSPS) is 24.6. The van der Waals surface area contributed by atoms with Gasteiger partial charge in [-0.25, -0.2) is 12.1 Å². The minimum Gasteiger partial charge on any atom is -0.309 e. The van der Waals surface area contributed by atoms with E-state index in [1.807, 2.05) is 36.4 Å². The van der Waals surface area contributed by atoms with Gasteiger partial charge in [-0.2, -0.15) is 12.1 Å². The van der Waals surface area contributed by atoms with Gasteiger partial charge in [0.1, 0.15) is 6.10 Å². The van der Waals surface area contributed by atoms with E-state index in [4.69, 9.17) is 9.05 Å². The lowest BCUT2D eigenvalue weighted by molar-refractivity contribution is 0.214. The van der Waals surface area contributed by atoms with Gasteiger partial charge in [-0.1, -0.05) is 45.0 Å². The molecule has 0 saturated heterocycles. The summed E-state index contributed by atoms with van der Waals surface area (Å²) in [5.74, 6) is 0. The first-order valence-electron chi connectivity index (χ1n) is 7.83. The van der Waals surface area contributed by atoms with Gasteiger partial charge in [0.15, 0.2) is 0 Å². The van der Waals surface area contributed by atoms with Crippen LogP contribution in [0.2, 0.25) is 0 Å². The zero-order valence-electron chi connectivity index (χ0n) is 14.2. The van der Waals surface area contributed by atoms with Gasteiger partial charge >= 0.3 is 7.60 Å². The lowest BCUT2D eigenvalue weighted by Crippen LogP contribution is -2.10. The molecular formula is C19H21IO3P-. The molecule has 3 rings (SSSR count).